The van der Waals surface area contributed by atoms with Crippen LogP contribution in [-0.2, 0) is 93.2 Å². The average Bonchev–Trinajstić information content (AvgIpc) is 1.62. The van der Waals surface area contributed by atoms with Crippen molar-refractivity contribution in [1.82, 2.24) is 22.8 Å². The molecule has 760 valence electrons. The first kappa shape index (κ1) is 108. The van der Waals surface area contributed by atoms with Crippen molar-refractivity contribution in [2.75, 3.05) is 31.1 Å². The predicted octanol–water partition coefficient (Wildman–Crippen LogP) is 28.1. The molecule has 0 bridgehead atoms. The van der Waals surface area contributed by atoms with Gasteiger partial charge in [0.15, 0.2) is 0 Å². The first-order valence-electron chi connectivity index (χ1n) is 46.0. The number of amides is 3. The highest BCUT2D eigenvalue weighted by Crippen LogP contribution is 2.47. The minimum Gasteiger partial charge on any atom is -0.340 e. The summed E-state index contributed by atoms with van der Waals surface area (Å²) >= 11 is 0. The van der Waals surface area contributed by atoms with Gasteiger partial charge in [-0.25, -0.2) is 16.8 Å². The lowest BCUT2D eigenvalue weighted by atomic mass is 10.0. The smallest absolute Gasteiger partial charge is 0.340 e. The van der Waals surface area contributed by atoms with Gasteiger partial charge in [-0.05, 0) is 187 Å². The first-order chi connectivity index (χ1) is 70.2. The lowest BCUT2D eigenvalue weighted by molar-refractivity contribution is -0.138. The number of nitrogens with zero attached hydrogens (tertiary/aromatic N) is 10. The number of carbonyl (C=O) groups is 3. The molecule has 22 nitrogen and oxygen atoms in total. The molecule has 5 N–H and O–H groups in total. The molecule has 1 aliphatic carbocycles. The van der Waals surface area contributed by atoms with Gasteiger partial charge in [-0.3, -0.25) is 23.8 Å². The number of halogens is 15. The number of hydrogen-bond acceptors (Lipinski definition) is 12. The normalized spacial score (nSPS) is 12.2. The van der Waals surface area contributed by atoms with E-state index in [1.54, 1.807) is 184 Å². The summed E-state index contributed by atoms with van der Waals surface area (Å²) in [6.07, 6.45) is -19.9. The second kappa shape index (κ2) is 44.4. The number of nitrogens with one attached hydrogen (secondary N) is 5. The van der Waals surface area contributed by atoms with Crippen LogP contribution < -0.4 is 25.4 Å². The van der Waals surface area contributed by atoms with Gasteiger partial charge in [0.25, 0.3) is 15.9 Å². The molecule has 0 unspecified atom stereocenters. The highest BCUT2D eigenvalue weighted by Gasteiger charge is 2.38. The Labute approximate surface area is 839 Å². The monoisotopic (exact) mass is 2070 g/mol. The number of alkyl halides is 15. The largest absolute Gasteiger partial charge is 0.416 e. The van der Waals surface area contributed by atoms with Crippen LogP contribution in [0.15, 0.2) is 255 Å². The van der Waals surface area contributed by atoms with Crippen molar-refractivity contribution in [3.63, 3.8) is 0 Å². The Morgan fingerprint density at radius 3 is 0.858 bits per heavy atom. The van der Waals surface area contributed by atoms with Crippen LogP contribution in [0, 0.1) is 62.6 Å². The van der Waals surface area contributed by atoms with Gasteiger partial charge in [-0.2, -0.15) is 92.2 Å². The SMILES string of the molecule is C=CS(=O)(=O)Nc1cccc(-c2c(C#N)c3ccc(C(F)(F)F)cc3n2CC)c1.CCC(=O)Nc1cccc(-c2c(C#N)c3ccc(C(F)(F)F)cc3n2CC)c1.CCCS(=O)(=O)Nc1cccc(-c2c(C#N)c3ccc(C(F)(F)F)cc3n2CC)c1.CCn1c(-c2cccc(NC(=O)C3CC3)c2)c(C#N)c2ccc(C(F)(F)F)cc21.CCn1c(-c2cccc(NC(=O)c3ccccc3)c2)c(C#N)c2ccc(C(F)(F)F)cc21. The third kappa shape index (κ3) is 23.9. The third-order valence-electron chi connectivity index (χ3n) is 24.1. The third-order valence-corrected chi connectivity index (χ3v) is 26.6. The number of aryl methyl sites for hydroxylation is 5. The summed E-state index contributed by atoms with van der Waals surface area (Å²) in [6.45, 7) is 17.5. The summed E-state index contributed by atoms with van der Waals surface area (Å²) in [5.74, 6) is -0.446. The van der Waals surface area contributed by atoms with Crippen molar-refractivity contribution in [3.05, 3.63) is 316 Å². The van der Waals surface area contributed by atoms with Crippen LogP contribution in [0.5, 0.6) is 0 Å². The molecule has 5 aromatic heterocycles. The van der Waals surface area contributed by atoms with E-state index in [2.05, 4.69) is 62.3 Å². The van der Waals surface area contributed by atoms with Crippen molar-refractivity contribution in [2.24, 2.45) is 5.92 Å². The van der Waals surface area contributed by atoms with Gasteiger partial charge in [0.2, 0.25) is 21.8 Å². The Balaban J connectivity index is 0.000000155. The summed E-state index contributed by atoms with van der Waals surface area (Å²) in [4.78, 5) is 36.2. The van der Waals surface area contributed by atoms with Crippen molar-refractivity contribution in [2.45, 2.75) is 138 Å². The zero-order valence-corrected chi connectivity index (χ0v) is 81.5. The molecule has 3 amide bonds. The minimum absolute atomic E-state index is 0.0316. The lowest BCUT2D eigenvalue weighted by Gasteiger charge is -2.12. The molecule has 39 heteroatoms. The zero-order valence-electron chi connectivity index (χ0n) is 79.8. The number of sulfonamides is 2. The van der Waals surface area contributed by atoms with E-state index in [4.69, 9.17) is 0 Å². The fraction of sp³-hybridized carbons (Fsp3) is 0.211. The maximum atomic E-state index is 13.3. The van der Waals surface area contributed by atoms with Crippen molar-refractivity contribution in [1.29, 1.82) is 26.3 Å². The number of benzene rings is 11. The molecule has 148 heavy (non-hydrogen) atoms. The van der Waals surface area contributed by atoms with Gasteiger partial charge in [-0.1, -0.05) is 130 Å². The fourth-order valence-corrected chi connectivity index (χ4v) is 19.0. The molecule has 1 saturated carbocycles. The molecule has 17 rings (SSSR count). The molecule has 0 radical (unpaired) electrons. The van der Waals surface area contributed by atoms with E-state index in [0.29, 0.717) is 196 Å². The van der Waals surface area contributed by atoms with E-state index in [0.717, 1.165) is 78.9 Å². The Morgan fingerprint density at radius 2 is 0.608 bits per heavy atom. The molecule has 0 saturated heterocycles. The van der Waals surface area contributed by atoms with Gasteiger partial charge in [0, 0.05) is 139 Å². The second-order valence-corrected chi connectivity index (χ2v) is 37.1. The van der Waals surface area contributed by atoms with Gasteiger partial charge < -0.3 is 38.8 Å². The van der Waals surface area contributed by atoms with E-state index in [1.165, 1.54) is 42.5 Å². The number of nitriles is 5. The highest BCUT2D eigenvalue weighted by molar-refractivity contribution is 7.95. The molecule has 11 aromatic carbocycles. The van der Waals surface area contributed by atoms with Crippen molar-refractivity contribution < 1.29 is 97.1 Å². The number of anilines is 5. The highest BCUT2D eigenvalue weighted by atomic mass is 32.2. The standard InChI is InChI=1S/C25H18F3N3O.C22H18F3N3O.C21H20F3N3O2S.C21H18F3N3O.C20H16F3N3O2S/c1-2-31-22-14-18(25(26,27)28)11-12-20(22)21(15-29)23(31)17-9-6-10-19(13-17)30-24(32)16-7-4-3-5-8-16;1-2-28-19-11-15(22(23,24)25)8-9-17(19)18(12-26)20(28)14-4-3-5-16(10-14)27-21(29)13-6-7-13;1-3-10-30(28,29)26-16-7-5-6-14(11-16)20-18(13-25)17-9-8-15(21(22,23)24)12-19(17)27(20)4-2;1-3-19(28)26-15-7-5-6-13(10-15)20-17(12-25)16-9-8-14(21(22,23)24)11-18(16)27(20)4-2;1-3-26-18-11-14(20(21,22)23)8-9-16(18)17(12-24)19(26)13-6-5-7-15(10-13)25-29(27,28)4-2/h3-14H,2H2,1H3,(H,30,32);3-5,8-11,13H,2,6-7H2,1H3,(H,27,29);5-9,11-12,26H,3-4,10H2,1-2H3;5-11H,3-4H2,1-2H3,(H,26,28);4-11,25H,2-3H2,1H3. The number of rotatable bonds is 23. The van der Waals surface area contributed by atoms with Crippen molar-refractivity contribution in [3.8, 4) is 86.6 Å². The molecule has 1 fully saturated rings. The van der Waals surface area contributed by atoms with Gasteiger partial charge in [0.05, 0.1) is 117 Å². The summed E-state index contributed by atoms with van der Waals surface area (Å²) in [6, 6.07) is 69.9. The maximum Gasteiger partial charge on any atom is 0.416 e. The quantitative estimate of drug-likeness (QED) is 0.0373. The van der Waals surface area contributed by atoms with Crippen LogP contribution >= 0.6 is 0 Å². The molecule has 5 heterocycles. The van der Waals surface area contributed by atoms with E-state index in [9.17, 15) is 123 Å². The van der Waals surface area contributed by atoms with Gasteiger partial charge >= 0.3 is 30.9 Å². The van der Waals surface area contributed by atoms with Crippen molar-refractivity contribution >= 4 is 121 Å². The molecule has 0 spiro atoms. The molecular formula is C109H90F15N15O7S2. The molecule has 0 atom stereocenters. The van der Waals surface area contributed by atoms with Crippen LogP contribution in [-0.4, -0.2) is 63.1 Å². The molecular weight excluding hydrogens is 1980 g/mol. The topological polar surface area (TPSA) is 323 Å². The molecule has 1 aliphatic rings. The Bertz CT molecular complexity index is 8320. The fourth-order valence-electron chi connectivity index (χ4n) is 17.4. The van der Waals surface area contributed by atoms with E-state index >= 15 is 0 Å². The Kier molecular flexibility index (Phi) is 32.5. The summed E-state index contributed by atoms with van der Waals surface area (Å²) < 4.78 is 259. The van der Waals surface area contributed by atoms with Crippen LogP contribution in [0.2, 0.25) is 0 Å². The number of hydrogen-bond donors (Lipinski definition) is 5. The van der Waals surface area contributed by atoms with E-state index < -0.39 is 78.7 Å². The second-order valence-electron chi connectivity index (χ2n) is 33.7. The van der Waals surface area contributed by atoms with Crippen LogP contribution in [0.1, 0.15) is 140 Å². The average molecular weight is 2070 g/mol. The number of aromatic nitrogens is 5. The molecule has 16 aromatic rings. The van der Waals surface area contributed by atoms with Gasteiger partial charge in [-0.15, -0.1) is 0 Å². The zero-order chi connectivity index (χ0) is 108. The Morgan fingerprint density at radius 1 is 0.345 bits per heavy atom. The van der Waals surface area contributed by atoms with Crippen LogP contribution in [0.3, 0.4) is 0 Å². The maximum absolute atomic E-state index is 13.3. The van der Waals surface area contributed by atoms with Gasteiger partial charge in [0.1, 0.15) is 30.3 Å². The van der Waals surface area contributed by atoms with E-state index in [1.807, 2.05) is 26.8 Å². The Hall–Kier alpha value is -16.8. The summed E-state index contributed by atoms with van der Waals surface area (Å²) in [7, 11) is -7.24. The van der Waals surface area contributed by atoms with E-state index in [-0.39, 0.29) is 51.7 Å². The minimum atomic E-state index is -4.51. The predicted molar refractivity (Wildman–Crippen MR) is 539 cm³/mol. The van der Waals surface area contributed by atoms with Crippen LogP contribution in [0.4, 0.5) is 94.3 Å². The first-order valence-corrected chi connectivity index (χ1v) is 49.2. The molecule has 0 aliphatic heterocycles. The number of carbonyl (C=O) groups excluding carboxylic acids is 3. The number of fused-ring (bicyclic) bond motifs is 5. The lowest BCUT2D eigenvalue weighted by Crippen LogP contribution is -2.16. The summed E-state index contributed by atoms with van der Waals surface area (Å²) in [5, 5.41) is 60.2. The summed E-state index contributed by atoms with van der Waals surface area (Å²) in [5.41, 5.74) is 7.36. The van der Waals surface area contributed by atoms with Crippen LogP contribution in [0.25, 0.3) is 111 Å².